The molecule has 0 aromatic rings. The highest BCUT2D eigenvalue weighted by atomic mass is 16.5. The summed E-state index contributed by atoms with van der Waals surface area (Å²) in [6.07, 6.45) is 8.11. The van der Waals surface area contributed by atoms with Gasteiger partial charge in [-0.3, -0.25) is 0 Å². The zero-order valence-electron chi connectivity index (χ0n) is 6.97. The van der Waals surface area contributed by atoms with Gasteiger partial charge in [-0.25, -0.2) is 0 Å². The fourth-order valence-electron chi connectivity index (χ4n) is 1.04. The van der Waals surface area contributed by atoms with Crippen LogP contribution in [0.3, 0.4) is 0 Å². The number of hydrogen-bond acceptors (Lipinski definition) is 1. The molecule has 0 aromatic carbocycles. The van der Waals surface area contributed by atoms with Crippen LogP contribution in [0.4, 0.5) is 0 Å². The van der Waals surface area contributed by atoms with Gasteiger partial charge in [0.25, 0.3) is 0 Å². The van der Waals surface area contributed by atoms with Crippen molar-refractivity contribution in [3.05, 3.63) is 36.1 Å². The molecule has 0 saturated carbocycles. The molecular weight excluding hydrogens is 136 g/mol. The summed E-state index contributed by atoms with van der Waals surface area (Å²) < 4.78 is 5.40. The normalized spacial score (nSPS) is 22.6. The van der Waals surface area contributed by atoms with Gasteiger partial charge in [0.05, 0.1) is 6.61 Å². The third-order valence-corrected chi connectivity index (χ3v) is 1.67. The molecule has 1 fully saturated rings. The molecule has 0 amide bonds. The van der Waals surface area contributed by atoms with Crippen LogP contribution in [-0.2, 0) is 4.74 Å². The second kappa shape index (κ2) is 4.02. The Morgan fingerprint density at radius 2 is 2.36 bits per heavy atom. The third-order valence-electron chi connectivity index (χ3n) is 1.67. The first-order chi connectivity index (χ1) is 5.34. The Morgan fingerprint density at radius 1 is 1.55 bits per heavy atom. The minimum absolute atomic E-state index is 0.836. The first kappa shape index (κ1) is 8.12. The van der Waals surface area contributed by atoms with Gasteiger partial charge in [0.2, 0.25) is 0 Å². The molecule has 1 nitrogen and oxygen atoms in total. The van der Waals surface area contributed by atoms with Crippen LogP contribution < -0.4 is 0 Å². The SMILES string of the molecule is C=C1CCCO/C1=C/C=C\C. The van der Waals surface area contributed by atoms with Crippen molar-refractivity contribution in [3.8, 4) is 0 Å². The van der Waals surface area contributed by atoms with Crippen molar-refractivity contribution in [2.24, 2.45) is 0 Å². The van der Waals surface area contributed by atoms with E-state index in [1.54, 1.807) is 0 Å². The van der Waals surface area contributed by atoms with E-state index in [1.165, 1.54) is 0 Å². The van der Waals surface area contributed by atoms with Gasteiger partial charge < -0.3 is 4.74 Å². The van der Waals surface area contributed by atoms with E-state index in [1.807, 2.05) is 25.2 Å². The Kier molecular flexibility index (Phi) is 2.96. The molecule has 1 heteroatoms. The maximum atomic E-state index is 5.40. The lowest BCUT2D eigenvalue weighted by Crippen LogP contribution is -2.04. The molecule has 60 valence electrons. The van der Waals surface area contributed by atoms with Crippen molar-refractivity contribution in [1.82, 2.24) is 0 Å². The highest BCUT2D eigenvalue weighted by Gasteiger charge is 2.08. The maximum absolute atomic E-state index is 5.40. The van der Waals surface area contributed by atoms with Gasteiger partial charge in [-0.15, -0.1) is 0 Å². The molecule has 0 bridgehead atoms. The summed E-state index contributed by atoms with van der Waals surface area (Å²) in [5.74, 6) is 0.953. The smallest absolute Gasteiger partial charge is 0.121 e. The second-order valence-electron chi connectivity index (χ2n) is 2.61. The van der Waals surface area contributed by atoms with Crippen LogP contribution in [0, 0.1) is 0 Å². The van der Waals surface area contributed by atoms with E-state index in [0.29, 0.717) is 0 Å². The Labute approximate surface area is 68.1 Å². The van der Waals surface area contributed by atoms with E-state index in [2.05, 4.69) is 6.58 Å². The minimum atomic E-state index is 0.836. The van der Waals surface area contributed by atoms with Gasteiger partial charge in [0, 0.05) is 0 Å². The van der Waals surface area contributed by atoms with Crippen molar-refractivity contribution >= 4 is 0 Å². The average molecular weight is 150 g/mol. The second-order valence-corrected chi connectivity index (χ2v) is 2.61. The van der Waals surface area contributed by atoms with E-state index in [9.17, 15) is 0 Å². The summed E-state index contributed by atoms with van der Waals surface area (Å²) in [6.45, 7) is 6.75. The zero-order chi connectivity index (χ0) is 8.10. The van der Waals surface area contributed by atoms with Gasteiger partial charge in [0.1, 0.15) is 5.76 Å². The number of rotatable bonds is 1. The molecule has 0 atom stereocenters. The van der Waals surface area contributed by atoms with Crippen LogP contribution in [0.2, 0.25) is 0 Å². The maximum Gasteiger partial charge on any atom is 0.121 e. The van der Waals surface area contributed by atoms with Crippen LogP contribution >= 0.6 is 0 Å². The Morgan fingerprint density at radius 3 is 3.00 bits per heavy atom. The van der Waals surface area contributed by atoms with Gasteiger partial charge in [-0.2, -0.15) is 0 Å². The van der Waals surface area contributed by atoms with Crippen molar-refractivity contribution in [3.63, 3.8) is 0 Å². The number of ether oxygens (including phenoxy) is 1. The largest absolute Gasteiger partial charge is 0.493 e. The van der Waals surface area contributed by atoms with Crippen LogP contribution in [0.1, 0.15) is 19.8 Å². The van der Waals surface area contributed by atoms with Gasteiger partial charge in [-0.1, -0.05) is 18.7 Å². The predicted molar refractivity (Wildman–Crippen MR) is 47.2 cm³/mol. The molecule has 0 unspecified atom stereocenters. The molecule has 0 radical (unpaired) electrons. The molecule has 1 saturated heterocycles. The van der Waals surface area contributed by atoms with Crippen LogP contribution in [0.5, 0.6) is 0 Å². The molecule has 0 N–H and O–H groups in total. The Hall–Kier alpha value is -0.980. The molecule has 1 heterocycles. The summed E-state index contributed by atoms with van der Waals surface area (Å²) in [5.41, 5.74) is 1.12. The van der Waals surface area contributed by atoms with E-state index >= 15 is 0 Å². The lowest BCUT2D eigenvalue weighted by atomic mass is 10.1. The van der Waals surface area contributed by atoms with Gasteiger partial charge in [-0.05, 0) is 31.4 Å². The highest BCUT2D eigenvalue weighted by Crippen LogP contribution is 2.21. The first-order valence-corrected chi connectivity index (χ1v) is 3.98. The molecule has 0 aliphatic carbocycles. The highest BCUT2D eigenvalue weighted by molar-refractivity contribution is 5.27. The minimum Gasteiger partial charge on any atom is -0.493 e. The van der Waals surface area contributed by atoms with E-state index in [-0.39, 0.29) is 0 Å². The fraction of sp³-hybridized carbons (Fsp3) is 0.400. The molecule has 11 heavy (non-hydrogen) atoms. The molecule has 0 aromatic heterocycles. The predicted octanol–water partition coefficient (Wildman–Crippen LogP) is 2.81. The average Bonchev–Trinajstić information content (AvgIpc) is 2.03. The molecular formula is C10H14O. The standard InChI is InChI=1S/C10H14O/c1-3-4-7-10-9(2)6-5-8-11-10/h3-4,7H,2,5-6,8H2,1H3/b4-3-,10-7+. The van der Waals surface area contributed by atoms with Crippen molar-refractivity contribution in [2.45, 2.75) is 19.8 Å². The third kappa shape index (κ3) is 2.26. The Balaban J connectivity index is 2.61. The fourth-order valence-corrected chi connectivity index (χ4v) is 1.04. The van der Waals surface area contributed by atoms with Crippen molar-refractivity contribution < 1.29 is 4.74 Å². The van der Waals surface area contributed by atoms with E-state index in [4.69, 9.17) is 4.74 Å². The number of hydrogen-bond donors (Lipinski definition) is 0. The van der Waals surface area contributed by atoms with Crippen LogP contribution in [0.25, 0.3) is 0 Å². The summed E-state index contributed by atoms with van der Waals surface area (Å²) in [5, 5.41) is 0. The molecule has 0 spiro atoms. The van der Waals surface area contributed by atoms with Crippen molar-refractivity contribution in [2.75, 3.05) is 6.61 Å². The molecule has 1 rings (SSSR count). The van der Waals surface area contributed by atoms with E-state index < -0.39 is 0 Å². The lowest BCUT2D eigenvalue weighted by molar-refractivity contribution is 0.194. The molecule has 1 aliphatic heterocycles. The summed E-state index contributed by atoms with van der Waals surface area (Å²) >= 11 is 0. The summed E-state index contributed by atoms with van der Waals surface area (Å²) in [7, 11) is 0. The van der Waals surface area contributed by atoms with Gasteiger partial charge >= 0.3 is 0 Å². The first-order valence-electron chi connectivity index (χ1n) is 3.98. The number of allylic oxidation sites excluding steroid dienone is 4. The summed E-state index contributed by atoms with van der Waals surface area (Å²) in [4.78, 5) is 0. The van der Waals surface area contributed by atoms with Crippen LogP contribution in [0.15, 0.2) is 36.1 Å². The van der Waals surface area contributed by atoms with Gasteiger partial charge in [0.15, 0.2) is 0 Å². The Bertz CT molecular complexity index is 199. The van der Waals surface area contributed by atoms with Crippen LogP contribution in [-0.4, -0.2) is 6.61 Å². The summed E-state index contributed by atoms with van der Waals surface area (Å²) in [6, 6.07) is 0. The van der Waals surface area contributed by atoms with E-state index in [0.717, 1.165) is 30.8 Å². The quantitative estimate of drug-likeness (QED) is 0.558. The zero-order valence-corrected chi connectivity index (χ0v) is 6.97. The topological polar surface area (TPSA) is 9.23 Å². The monoisotopic (exact) mass is 150 g/mol. The molecule has 1 aliphatic rings. The van der Waals surface area contributed by atoms with Crippen molar-refractivity contribution in [1.29, 1.82) is 0 Å². The lowest BCUT2D eigenvalue weighted by Gasteiger charge is -2.17.